The lowest BCUT2D eigenvalue weighted by atomic mass is 10.0. The molecule has 1 rings (SSSR count). The van der Waals surface area contributed by atoms with Crippen LogP contribution in [0.1, 0.15) is 32.8 Å². The molecule has 1 aromatic rings. The molecular weight excluding hydrogens is 306 g/mol. The average molecular weight is 330 g/mol. The molecule has 0 saturated heterocycles. The third-order valence-electron chi connectivity index (χ3n) is 2.83. The topological polar surface area (TPSA) is 44.5 Å². The molecule has 1 aromatic carbocycles. The molecule has 0 aliphatic carbocycles. The minimum Gasteiger partial charge on any atom is -0.491 e. The molecule has 4 heteroatoms. The Kier molecular flexibility index (Phi) is 7.42. The van der Waals surface area contributed by atoms with Crippen molar-refractivity contribution in [2.24, 2.45) is 5.73 Å². The molecule has 1 unspecified atom stereocenters. The lowest BCUT2D eigenvalue weighted by Crippen LogP contribution is -2.21. The summed E-state index contributed by atoms with van der Waals surface area (Å²) in [6.07, 6.45) is 2.07. The van der Waals surface area contributed by atoms with Crippen molar-refractivity contribution in [1.82, 2.24) is 0 Å². The predicted molar refractivity (Wildman–Crippen MR) is 82.7 cm³/mol. The number of ether oxygens (including phenoxy) is 2. The van der Waals surface area contributed by atoms with Crippen LogP contribution in [0.2, 0.25) is 0 Å². The van der Waals surface area contributed by atoms with Crippen molar-refractivity contribution < 1.29 is 9.47 Å². The summed E-state index contributed by atoms with van der Waals surface area (Å²) >= 11 is 3.55. The normalized spacial score (nSPS) is 12.7. The van der Waals surface area contributed by atoms with Gasteiger partial charge in [-0.15, -0.1) is 0 Å². The highest BCUT2D eigenvalue weighted by atomic mass is 79.9. The first-order valence-electron chi connectivity index (χ1n) is 6.81. The fraction of sp³-hybridized carbons (Fsp3) is 0.600. The Morgan fingerprint density at radius 2 is 2.00 bits per heavy atom. The Morgan fingerprint density at radius 3 is 2.63 bits per heavy atom. The van der Waals surface area contributed by atoms with Gasteiger partial charge in [0.1, 0.15) is 12.4 Å². The molecule has 0 bridgehead atoms. The third-order valence-corrected chi connectivity index (χ3v) is 3.60. The van der Waals surface area contributed by atoms with Crippen LogP contribution in [-0.4, -0.2) is 25.4 Å². The van der Waals surface area contributed by atoms with E-state index in [1.165, 1.54) is 5.56 Å². The van der Waals surface area contributed by atoms with Crippen LogP contribution in [0, 0.1) is 0 Å². The molecule has 3 nitrogen and oxygen atoms in total. The van der Waals surface area contributed by atoms with Crippen molar-refractivity contribution in [3.63, 3.8) is 0 Å². The maximum Gasteiger partial charge on any atom is 0.119 e. The van der Waals surface area contributed by atoms with Crippen LogP contribution in [0.25, 0.3) is 0 Å². The van der Waals surface area contributed by atoms with Gasteiger partial charge in [0.25, 0.3) is 0 Å². The van der Waals surface area contributed by atoms with Gasteiger partial charge in [-0.25, -0.2) is 0 Å². The Labute approximate surface area is 124 Å². The van der Waals surface area contributed by atoms with Gasteiger partial charge in [-0.05, 0) is 50.5 Å². The van der Waals surface area contributed by atoms with Crippen LogP contribution < -0.4 is 10.5 Å². The number of hydrogen-bond acceptors (Lipinski definition) is 3. The summed E-state index contributed by atoms with van der Waals surface area (Å²) in [6.45, 7) is 7.31. The first-order chi connectivity index (χ1) is 9.02. The van der Waals surface area contributed by atoms with Crippen molar-refractivity contribution in [3.8, 4) is 5.75 Å². The zero-order chi connectivity index (χ0) is 14.3. The van der Waals surface area contributed by atoms with Crippen LogP contribution in [0.4, 0.5) is 0 Å². The van der Waals surface area contributed by atoms with Gasteiger partial charge in [-0.2, -0.15) is 0 Å². The van der Waals surface area contributed by atoms with Crippen LogP contribution in [0.5, 0.6) is 5.75 Å². The maximum atomic E-state index is 6.00. The molecule has 19 heavy (non-hydrogen) atoms. The Morgan fingerprint density at radius 1 is 1.26 bits per heavy atom. The van der Waals surface area contributed by atoms with E-state index in [4.69, 9.17) is 15.2 Å². The quantitative estimate of drug-likeness (QED) is 0.742. The molecule has 108 valence electrons. The number of nitrogens with two attached hydrogens (primary N) is 1. The van der Waals surface area contributed by atoms with Crippen molar-refractivity contribution >= 4 is 15.9 Å². The van der Waals surface area contributed by atoms with Gasteiger partial charge < -0.3 is 15.2 Å². The van der Waals surface area contributed by atoms with Crippen molar-refractivity contribution in [2.45, 2.75) is 45.8 Å². The second kappa shape index (κ2) is 8.56. The second-order valence-corrected chi connectivity index (χ2v) is 5.75. The molecule has 0 aliphatic heterocycles. The molecule has 0 aliphatic rings. The number of rotatable bonds is 8. The number of hydrogen-bond donors (Lipinski definition) is 1. The van der Waals surface area contributed by atoms with Gasteiger partial charge in [0.2, 0.25) is 0 Å². The summed E-state index contributed by atoms with van der Waals surface area (Å²) in [6, 6.07) is 6.21. The van der Waals surface area contributed by atoms with Crippen LogP contribution >= 0.6 is 15.9 Å². The number of benzene rings is 1. The van der Waals surface area contributed by atoms with E-state index in [1.54, 1.807) is 0 Å². The van der Waals surface area contributed by atoms with E-state index >= 15 is 0 Å². The van der Waals surface area contributed by atoms with Gasteiger partial charge in [-0.1, -0.05) is 22.9 Å². The van der Waals surface area contributed by atoms with Crippen molar-refractivity contribution in [3.05, 3.63) is 28.2 Å². The molecule has 0 amide bonds. The average Bonchev–Trinajstić information content (AvgIpc) is 2.37. The van der Waals surface area contributed by atoms with E-state index < -0.39 is 0 Å². The first-order valence-corrected chi connectivity index (χ1v) is 7.60. The molecule has 0 spiro atoms. The van der Waals surface area contributed by atoms with Crippen molar-refractivity contribution in [1.29, 1.82) is 0 Å². The highest BCUT2D eigenvalue weighted by molar-refractivity contribution is 9.10. The van der Waals surface area contributed by atoms with Crippen LogP contribution in [0.15, 0.2) is 22.7 Å². The molecule has 0 heterocycles. The highest BCUT2D eigenvalue weighted by Gasteiger charge is 2.07. The van der Waals surface area contributed by atoms with E-state index in [0.717, 1.165) is 23.1 Å². The number of halogens is 1. The molecule has 0 saturated carbocycles. The van der Waals surface area contributed by atoms with Gasteiger partial charge in [0, 0.05) is 10.5 Å². The zero-order valence-corrected chi connectivity index (χ0v) is 13.6. The predicted octanol–water partition coefficient (Wildman–Crippen LogP) is 3.53. The Hall–Kier alpha value is -0.580. The maximum absolute atomic E-state index is 6.00. The van der Waals surface area contributed by atoms with Crippen molar-refractivity contribution in [2.75, 3.05) is 13.2 Å². The molecule has 0 radical (unpaired) electrons. The Bertz CT molecular complexity index is 382. The summed E-state index contributed by atoms with van der Waals surface area (Å²) in [5.74, 6) is 0.869. The Balaban J connectivity index is 2.53. The third kappa shape index (κ3) is 6.41. The summed E-state index contributed by atoms with van der Waals surface area (Å²) in [5, 5.41) is 0. The summed E-state index contributed by atoms with van der Waals surface area (Å²) < 4.78 is 12.2. The summed E-state index contributed by atoms with van der Waals surface area (Å²) in [7, 11) is 0. The fourth-order valence-corrected chi connectivity index (χ4v) is 2.08. The summed E-state index contributed by atoms with van der Waals surface area (Å²) in [4.78, 5) is 0. The minimum atomic E-state index is 0.191. The van der Waals surface area contributed by atoms with Crippen LogP contribution in [-0.2, 0) is 11.2 Å². The smallest absolute Gasteiger partial charge is 0.119 e. The zero-order valence-electron chi connectivity index (χ0n) is 12.0. The van der Waals surface area contributed by atoms with Gasteiger partial charge >= 0.3 is 0 Å². The van der Waals surface area contributed by atoms with Crippen LogP contribution in [0.3, 0.4) is 0 Å². The lowest BCUT2D eigenvalue weighted by Gasteiger charge is -2.13. The molecular formula is C15H24BrNO2. The molecule has 0 aromatic heterocycles. The van der Waals surface area contributed by atoms with E-state index in [1.807, 2.05) is 26.0 Å². The summed E-state index contributed by atoms with van der Waals surface area (Å²) in [5.41, 5.74) is 7.19. The van der Waals surface area contributed by atoms with Gasteiger partial charge in [-0.3, -0.25) is 0 Å². The van der Waals surface area contributed by atoms with E-state index in [-0.39, 0.29) is 12.1 Å². The monoisotopic (exact) mass is 329 g/mol. The first kappa shape index (κ1) is 16.5. The standard InChI is InChI=1S/C15H24BrNO2/c1-4-13(17)9-12-10-14(5-6-15(12)16)19-8-7-18-11(2)3/h5-6,10-11,13H,4,7-9,17H2,1-3H3. The van der Waals surface area contributed by atoms with E-state index in [0.29, 0.717) is 13.2 Å². The second-order valence-electron chi connectivity index (χ2n) is 4.89. The molecule has 1 atom stereocenters. The fourth-order valence-electron chi connectivity index (χ4n) is 1.67. The van der Waals surface area contributed by atoms with Gasteiger partial charge in [0.15, 0.2) is 0 Å². The highest BCUT2D eigenvalue weighted by Crippen LogP contribution is 2.24. The SMILES string of the molecule is CCC(N)Cc1cc(OCCOC(C)C)ccc1Br. The largest absolute Gasteiger partial charge is 0.491 e. The molecule has 0 fully saturated rings. The van der Waals surface area contributed by atoms with Gasteiger partial charge in [0.05, 0.1) is 12.7 Å². The minimum absolute atomic E-state index is 0.191. The molecule has 2 N–H and O–H groups in total. The lowest BCUT2D eigenvalue weighted by molar-refractivity contribution is 0.0552. The van der Waals surface area contributed by atoms with E-state index in [9.17, 15) is 0 Å². The van der Waals surface area contributed by atoms with E-state index in [2.05, 4.69) is 28.9 Å².